The number of carbonyl (C=O) groups excluding carboxylic acids is 2. The molecule has 1 fully saturated rings. The van der Waals surface area contributed by atoms with E-state index in [1.807, 2.05) is 13.8 Å². The third kappa shape index (κ3) is 4.93. The molecule has 1 aliphatic heterocycles. The second-order valence-corrected chi connectivity index (χ2v) is 5.88. The second-order valence-electron chi connectivity index (χ2n) is 5.44. The zero-order chi connectivity index (χ0) is 15.9. The van der Waals surface area contributed by atoms with Gasteiger partial charge in [0.2, 0.25) is 11.8 Å². The first-order valence-electron chi connectivity index (χ1n) is 7.37. The number of rotatable bonds is 7. The summed E-state index contributed by atoms with van der Waals surface area (Å²) in [6, 6.07) is 0.145. The van der Waals surface area contributed by atoms with E-state index < -0.39 is 5.41 Å². The van der Waals surface area contributed by atoms with Crippen LogP contribution in [0.4, 0.5) is 0 Å². The normalized spacial score (nSPS) is 18.6. The largest absolute Gasteiger partial charge is 0.392 e. The Morgan fingerprint density at radius 2 is 2.00 bits per heavy atom. The van der Waals surface area contributed by atoms with Crippen molar-refractivity contribution >= 4 is 29.0 Å². The number of thiocarbonyl (C=S) groups is 1. The molecule has 2 amide bonds. The second kappa shape index (κ2) is 8.29. The maximum absolute atomic E-state index is 12.4. The summed E-state index contributed by atoms with van der Waals surface area (Å²) >= 11 is 5.06. The fourth-order valence-electron chi connectivity index (χ4n) is 2.21. The molecule has 21 heavy (non-hydrogen) atoms. The van der Waals surface area contributed by atoms with Crippen molar-refractivity contribution in [3.8, 4) is 0 Å². The topological polar surface area (TPSA) is 93.5 Å². The zero-order valence-corrected chi connectivity index (χ0v) is 13.6. The van der Waals surface area contributed by atoms with E-state index in [1.165, 1.54) is 0 Å². The monoisotopic (exact) mass is 315 g/mol. The molecule has 0 aromatic heterocycles. The van der Waals surface area contributed by atoms with Crippen LogP contribution in [0, 0.1) is 5.41 Å². The van der Waals surface area contributed by atoms with Crippen LogP contribution in [-0.2, 0) is 14.3 Å². The summed E-state index contributed by atoms with van der Waals surface area (Å²) in [7, 11) is 0. The molecule has 7 heteroatoms. The summed E-state index contributed by atoms with van der Waals surface area (Å²) in [5.74, 6) is -0.268. The van der Waals surface area contributed by atoms with Gasteiger partial charge in [-0.2, -0.15) is 0 Å². The van der Waals surface area contributed by atoms with E-state index in [0.717, 1.165) is 6.42 Å². The molecular formula is C14H25N3O3S. The highest BCUT2D eigenvalue weighted by molar-refractivity contribution is 7.80. The fourth-order valence-corrected chi connectivity index (χ4v) is 2.51. The van der Waals surface area contributed by atoms with Crippen LogP contribution in [0.15, 0.2) is 0 Å². The summed E-state index contributed by atoms with van der Waals surface area (Å²) in [6.07, 6.45) is 2.11. The molecule has 0 aromatic rings. The molecule has 0 aromatic carbocycles. The van der Waals surface area contributed by atoms with Crippen LogP contribution in [0.3, 0.4) is 0 Å². The van der Waals surface area contributed by atoms with Gasteiger partial charge in [0.05, 0.1) is 4.99 Å². The molecule has 0 spiro atoms. The van der Waals surface area contributed by atoms with Crippen molar-refractivity contribution in [3.05, 3.63) is 0 Å². The molecule has 4 N–H and O–H groups in total. The lowest BCUT2D eigenvalue weighted by molar-refractivity contribution is -0.131. The molecule has 0 aliphatic carbocycles. The van der Waals surface area contributed by atoms with Crippen LogP contribution >= 0.6 is 12.2 Å². The van der Waals surface area contributed by atoms with Gasteiger partial charge in [0.15, 0.2) is 0 Å². The van der Waals surface area contributed by atoms with Gasteiger partial charge >= 0.3 is 0 Å². The van der Waals surface area contributed by atoms with Gasteiger partial charge in [0.25, 0.3) is 0 Å². The lowest BCUT2D eigenvalue weighted by Crippen LogP contribution is -2.52. The lowest BCUT2D eigenvalue weighted by Gasteiger charge is -2.34. The van der Waals surface area contributed by atoms with Gasteiger partial charge in [0.1, 0.15) is 5.41 Å². The number of carbonyl (C=O) groups is 2. The molecular weight excluding hydrogens is 290 g/mol. The van der Waals surface area contributed by atoms with E-state index >= 15 is 0 Å². The van der Waals surface area contributed by atoms with E-state index in [9.17, 15) is 9.59 Å². The molecule has 0 radical (unpaired) electrons. The van der Waals surface area contributed by atoms with Gasteiger partial charge in [-0.25, -0.2) is 0 Å². The maximum Gasteiger partial charge on any atom is 0.233 e. The van der Waals surface area contributed by atoms with Crippen LogP contribution < -0.4 is 16.4 Å². The maximum atomic E-state index is 12.4. The molecule has 0 saturated carbocycles. The Balaban J connectivity index is 2.44. The van der Waals surface area contributed by atoms with Gasteiger partial charge in [-0.1, -0.05) is 19.1 Å². The van der Waals surface area contributed by atoms with Crippen molar-refractivity contribution in [1.29, 1.82) is 0 Å². The van der Waals surface area contributed by atoms with Crippen molar-refractivity contribution in [2.75, 3.05) is 19.8 Å². The number of ether oxygens (including phenoxy) is 1. The minimum atomic E-state index is -0.833. The number of hydrogen-bond acceptors (Lipinski definition) is 4. The SMILES string of the molecule is CCC(C)NC(=O)CCNC(=O)C1(C(N)=S)CCOCC1. The fraction of sp³-hybridized carbons (Fsp3) is 0.786. The molecule has 1 saturated heterocycles. The molecule has 120 valence electrons. The number of hydrogen-bond donors (Lipinski definition) is 3. The van der Waals surface area contributed by atoms with Crippen molar-refractivity contribution in [2.45, 2.75) is 45.6 Å². The van der Waals surface area contributed by atoms with Gasteiger partial charge in [-0.3, -0.25) is 9.59 Å². The Hall–Kier alpha value is -1.21. The minimum absolute atomic E-state index is 0.0685. The summed E-state index contributed by atoms with van der Waals surface area (Å²) in [5, 5.41) is 5.63. The van der Waals surface area contributed by atoms with E-state index in [1.54, 1.807) is 0 Å². The Morgan fingerprint density at radius 3 is 2.52 bits per heavy atom. The lowest BCUT2D eigenvalue weighted by atomic mass is 9.79. The van der Waals surface area contributed by atoms with Crippen LogP contribution in [0.1, 0.15) is 39.5 Å². The van der Waals surface area contributed by atoms with Crippen molar-refractivity contribution in [1.82, 2.24) is 10.6 Å². The van der Waals surface area contributed by atoms with E-state index in [2.05, 4.69) is 10.6 Å². The van der Waals surface area contributed by atoms with Crippen molar-refractivity contribution in [2.24, 2.45) is 11.1 Å². The first kappa shape index (κ1) is 17.8. The first-order chi connectivity index (χ1) is 9.92. The summed E-state index contributed by atoms with van der Waals surface area (Å²) < 4.78 is 5.26. The van der Waals surface area contributed by atoms with Gasteiger partial charge in [-0.15, -0.1) is 0 Å². The van der Waals surface area contributed by atoms with Gasteiger partial charge in [0, 0.05) is 32.2 Å². The smallest absolute Gasteiger partial charge is 0.233 e. The van der Waals surface area contributed by atoms with E-state index in [4.69, 9.17) is 22.7 Å². The van der Waals surface area contributed by atoms with E-state index in [0.29, 0.717) is 26.1 Å². The summed E-state index contributed by atoms with van der Waals surface area (Å²) in [6.45, 7) is 5.18. The Kier molecular flexibility index (Phi) is 7.04. The highest BCUT2D eigenvalue weighted by Gasteiger charge is 2.42. The molecule has 6 nitrogen and oxygen atoms in total. The van der Waals surface area contributed by atoms with Crippen LogP contribution in [0.5, 0.6) is 0 Å². The highest BCUT2D eigenvalue weighted by atomic mass is 32.1. The highest BCUT2D eigenvalue weighted by Crippen LogP contribution is 2.31. The van der Waals surface area contributed by atoms with Gasteiger partial charge < -0.3 is 21.1 Å². The number of nitrogens with two attached hydrogens (primary N) is 1. The summed E-state index contributed by atoms with van der Waals surface area (Å²) in [4.78, 5) is 24.2. The average Bonchev–Trinajstić information content (AvgIpc) is 2.47. The predicted octanol–water partition coefficient (Wildman–Crippen LogP) is 0.490. The van der Waals surface area contributed by atoms with E-state index in [-0.39, 0.29) is 35.8 Å². The van der Waals surface area contributed by atoms with Crippen molar-refractivity contribution < 1.29 is 14.3 Å². The third-order valence-electron chi connectivity index (χ3n) is 3.91. The molecule has 1 atom stereocenters. The Labute approximate surface area is 131 Å². The average molecular weight is 315 g/mol. The zero-order valence-electron chi connectivity index (χ0n) is 12.7. The molecule has 1 rings (SSSR count). The summed E-state index contributed by atoms with van der Waals surface area (Å²) in [5.41, 5.74) is 4.92. The van der Waals surface area contributed by atoms with Crippen LogP contribution in [-0.4, -0.2) is 42.6 Å². The Morgan fingerprint density at radius 1 is 1.38 bits per heavy atom. The number of nitrogens with one attached hydrogen (secondary N) is 2. The van der Waals surface area contributed by atoms with Crippen molar-refractivity contribution in [3.63, 3.8) is 0 Å². The molecule has 1 heterocycles. The molecule has 1 aliphatic rings. The first-order valence-corrected chi connectivity index (χ1v) is 7.78. The number of amides is 2. The molecule has 1 unspecified atom stereocenters. The van der Waals surface area contributed by atoms with Crippen LogP contribution in [0.25, 0.3) is 0 Å². The van der Waals surface area contributed by atoms with Crippen LogP contribution in [0.2, 0.25) is 0 Å². The predicted molar refractivity (Wildman–Crippen MR) is 84.8 cm³/mol. The molecule has 0 bridgehead atoms. The minimum Gasteiger partial charge on any atom is -0.392 e. The standard InChI is InChI=1S/C14H25N3O3S/c1-3-10(2)17-11(18)4-7-16-13(19)14(12(15)21)5-8-20-9-6-14/h10H,3-9H2,1-2H3,(H2,15,21)(H,16,19)(H,17,18). The quantitative estimate of drug-likeness (QED) is 0.595. The third-order valence-corrected chi connectivity index (χ3v) is 4.30. The van der Waals surface area contributed by atoms with Gasteiger partial charge in [-0.05, 0) is 26.2 Å². The Bertz CT molecular complexity index is 395.